The molecule has 1 aromatic carbocycles. The highest BCUT2D eigenvalue weighted by Gasteiger charge is 2.21. The van der Waals surface area contributed by atoms with Crippen molar-refractivity contribution in [2.45, 2.75) is 26.2 Å². The van der Waals surface area contributed by atoms with Crippen LogP contribution in [-0.4, -0.2) is 56.8 Å². The molecule has 0 amide bonds. The smallest absolute Gasteiger partial charge is 0.188 e. The van der Waals surface area contributed by atoms with Crippen LogP contribution < -0.4 is 11.1 Å². The zero-order valence-electron chi connectivity index (χ0n) is 15.3. The number of ether oxygens (including phenoxy) is 1. The third-order valence-corrected chi connectivity index (χ3v) is 4.43. The van der Waals surface area contributed by atoms with Gasteiger partial charge in [-0.05, 0) is 44.2 Å². The largest absolute Gasteiger partial charge is 0.382 e. The molecule has 1 aliphatic heterocycles. The molecular weight excluding hydrogens is 427 g/mol. The number of nitrogens with zero attached hydrogens (tertiary/aromatic N) is 2. The molecule has 5 nitrogen and oxygen atoms in total. The van der Waals surface area contributed by atoms with E-state index in [-0.39, 0.29) is 24.0 Å². The number of halogens is 1. The normalized spacial score (nSPS) is 18.1. The quantitative estimate of drug-likeness (QED) is 0.244. The first kappa shape index (κ1) is 22.2. The van der Waals surface area contributed by atoms with Crippen LogP contribution >= 0.6 is 24.0 Å². The van der Waals surface area contributed by atoms with Crippen molar-refractivity contribution in [3.05, 3.63) is 35.9 Å². The molecule has 3 N–H and O–H groups in total. The number of rotatable bonds is 10. The summed E-state index contributed by atoms with van der Waals surface area (Å²) in [5.41, 5.74) is 7.34. The third kappa shape index (κ3) is 9.42. The van der Waals surface area contributed by atoms with E-state index in [1.54, 1.807) is 0 Å². The lowest BCUT2D eigenvalue weighted by molar-refractivity contribution is 0.145. The number of hydrogen-bond donors (Lipinski definition) is 2. The molecular formula is C19H33IN4O. The highest BCUT2D eigenvalue weighted by Crippen LogP contribution is 2.16. The molecule has 1 fully saturated rings. The first-order chi connectivity index (χ1) is 11.8. The fraction of sp³-hybridized carbons (Fsp3) is 0.632. The molecule has 2 rings (SSSR count). The molecule has 1 unspecified atom stereocenters. The maximum Gasteiger partial charge on any atom is 0.188 e. The second-order valence-corrected chi connectivity index (χ2v) is 6.39. The molecule has 0 spiro atoms. The molecule has 0 bridgehead atoms. The van der Waals surface area contributed by atoms with Crippen LogP contribution in [0.15, 0.2) is 35.3 Å². The van der Waals surface area contributed by atoms with E-state index in [0.29, 0.717) is 11.9 Å². The van der Waals surface area contributed by atoms with Gasteiger partial charge in [0.1, 0.15) is 0 Å². The minimum atomic E-state index is 0. The summed E-state index contributed by atoms with van der Waals surface area (Å²) in [4.78, 5) is 7.03. The van der Waals surface area contributed by atoms with Crippen molar-refractivity contribution in [2.24, 2.45) is 16.6 Å². The van der Waals surface area contributed by atoms with E-state index in [0.717, 1.165) is 52.2 Å². The Morgan fingerprint density at radius 1 is 1.36 bits per heavy atom. The van der Waals surface area contributed by atoms with Gasteiger partial charge in [-0.3, -0.25) is 4.99 Å². The maximum absolute atomic E-state index is 5.92. The summed E-state index contributed by atoms with van der Waals surface area (Å²) < 4.78 is 5.30. The van der Waals surface area contributed by atoms with E-state index in [9.17, 15) is 0 Å². The number of aliphatic imine (C=N–C) groups is 1. The fourth-order valence-electron chi connectivity index (χ4n) is 3.02. The SMILES string of the molecule is CCOCCCNC(N)=NCC1CCN(CCc2ccccc2)C1.I. The van der Waals surface area contributed by atoms with Gasteiger partial charge in [-0.25, -0.2) is 0 Å². The van der Waals surface area contributed by atoms with Gasteiger partial charge in [-0.15, -0.1) is 24.0 Å². The van der Waals surface area contributed by atoms with E-state index in [4.69, 9.17) is 10.5 Å². The van der Waals surface area contributed by atoms with Crippen LogP contribution in [0.25, 0.3) is 0 Å². The van der Waals surface area contributed by atoms with Crippen molar-refractivity contribution in [1.82, 2.24) is 10.2 Å². The van der Waals surface area contributed by atoms with E-state index in [2.05, 4.69) is 45.5 Å². The van der Waals surface area contributed by atoms with Gasteiger partial charge in [0, 0.05) is 39.4 Å². The van der Waals surface area contributed by atoms with Gasteiger partial charge in [0.05, 0.1) is 0 Å². The lowest BCUT2D eigenvalue weighted by Gasteiger charge is -2.15. The van der Waals surface area contributed by atoms with Crippen molar-refractivity contribution in [3.8, 4) is 0 Å². The van der Waals surface area contributed by atoms with Gasteiger partial charge in [-0.1, -0.05) is 30.3 Å². The summed E-state index contributed by atoms with van der Waals surface area (Å²) >= 11 is 0. The summed E-state index contributed by atoms with van der Waals surface area (Å²) in [5, 5.41) is 3.16. The van der Waals surface area contributed by atoms with Gasteiger partial charge in [0.25, 0.3) is 0 Å². The number of hydrogen-bond acceptors (Lipinski definition) is 3. The Morgan fingerprint density at radius 2 is 2.16 bits per heavy atom. The van der Waals surface area contributed by atoms with Crippen LogP contribution in [0.2, 0.25) is 0 Å². The van der Waals surface area contributed by atoms with Crippen LogP contribution in [0, 0.1) is 5.92 Å². The van der Waals surface area contributed by atoms with Crippen molar-refractivity contribution < 1.29 is 4.74 Å². The molecule has 1 atom stereocenters. The first-order valence-corrected chi connectivity index (χ1v) is 9.15. The zero-order chi connectivity index (χ0) is 17.0. The summed E-state index contributed by atoms with van der Waals surface area (Å²) in [6.45, 7) is 8.64. The predicted octanol–water partition coefficient (Wildman–Crippen LogP) is 2.50. The summed E-state index contributed by atoms with van der Waals surface area (Å²) in [5.74, 6) is 1.19. The third-order valence-electron chi connectivity index (χ3n) is 4.43. The Labute approximate surface area is 169 Å². The van der Waals surface area contributed by atoms with Crippen molar-refractivity contribution in [2.75, 3.05) is 45.9 Å². The molecule has 0 radical (unpaired) electrons. The van der Waals surface area contributed by atoms with E-state index < -0.39 is 0 Å². The molecule has 1 aliphatic rings. The maximum atomic E-state index is 5.92. The Bertz CT molecular complexity index is 484. The van der Waals surface area contributed by atoms with Crippen molar-refractivity contribution in [1.29, 1.82) is 0 Å². The second kappa shape index (κ2) is 13.4. The lowest BCUT2D eigenvalue weighted by atomic mass is 10.1. The molecule has 6 heteroatoms. The zero-order valence-corrected chi connectivity index (χ0v) is 17.7. The monoisotopic (exact) mass is 460 g/mol. The van der Waals surface area contributed by atoms with Gasteiger partial charge >= 0.3 is 0 Å². The topological polar surface area (TPSA) is 62.9 Å². The number of nitrogens with one attached hydrogen (secondary N) is 1. The second-order valence-electron chi connectivity index (χ2n) is 6.39. The fourth-order valence-corrected chi connectivity index (χ4v) is 3.02. The van der Waals surface area contributed by atoms with Crippen LogP contribution in [0.3, 0.4) is 0 Å². The average molecular weight is 460 g/mol. The Balaban J connectivity index is 0.00000312. The molecule has 0 aliphatic carbocycles. The molecule has 1 aromatic rings. The minimum absolute atomic E-state index is 0. The van der Waals surface area contributed by atoms with E-state index in [1.807, 2.05) is 6.92 Å². The van der Waals surface area contributed by atoms with E-state index >= 15 is 0 Å². The molecule has 1 saturated heterocycles. The molecule has 0 saturated carbocycles. The van der Waals surface area contributed by atoms with Gasteiger partial charge < -0.3 is 20.7 Å². The van der Waals surface area contributed by atoms with Crippen molar-refractivity contribution >= 4 is 29.9 Å². The molecule has 142 valence electrons. The summed E-state index contributed by atoms with van der Waals surface area (Å²) in [6, 6.07) is 10.7. The van der Waals surface area contributed by atoms with Crippen LogP contribution in [0.4, 0.5) is 0 Å². The van der Waals surface area contributed by atoms with Gasteiger partial charge in [0.2, 0.25) is 0 Å². The minimum Gasteiger partial charge on any atom is -0.382 e. The highest BCUT2D eigenvalue weighted by molar-refractivity contribution is 14.0. The Morgan fingerprint density at radius 3 is 2.92 bits per heavy atom. The Hall–Kier alpha value is -0.860. The van der Waals surface area contributed by atoms with Crippen molar-refractivity contribution in [3.63, 3.8) is 0 Å². The summed E-state index contributed by atoms with van der Waals surface area (Å²) in [6.07, 6.45) is 3.30. The highest BCUT2D eigenvalue weighted by atomic mass is 127. The Kier molecular flexibility index (Phi) is 11.9. The summed E-state index contributed by atoms with van der Waals surface area (Å²) in [7, 11) is 0. The number of guanidine groups is 1. The van der Waals surface area contributed by atoms with Crippen LogP contribution in [-0.2, 0) is 11.2 Å². The number of nitrogens with two attached hydrogens (primary N) is 1. The number of likely N-dealkylation sites (tertiary alicyclic amines) is 1. The molecule has 1 heterocycles. The predicted molar refractivity (Wildman–Crippen MR) is 116 cm³/mol. The average Bonchev–Trinajstić information content (AvgIpc) is 3.07. The van der Waals surface area contributed by atoms with Gasteiger partial charge in [0.15, 0.2) is 5.96 Å². The first-order valence-electron chi connectivity index (χ1n) is 9.15. The molecule has 0 aromatic heterocycles. The van der Waals surface area contributed by atoms with Crippen LogP contribution in [0.5, 0.6) is 0 Å². The lowest BCUT2D eigenvalue weighted by Crippen LogP contribution is -2.33. The van der Waals surface area contributed by atoms with E-state index in [1.165, 1.54) is 18.5 Å². The number of benzene rings is 1. The standard InChI is InChI=1S/C19H32N4O.HI/c1-2-24-14-6-11-21-19(20)22-15-18-10-13-23(16-18)12-9-17-7-4-3-5-8-17;/h3-5,7-8,18H,2,6,9-16H2,1H3,(H3,20,21,22);1H. The van der Waals surface area contributed by atoms with Crippen LogP contribution in [0.1, 0.15) is 25.3 Å². The molecule has 25 heavy (non-hydrogen) atoms. The van der Waals surface area contributed by atoms with Gasteiger partial charge in [-0.2, -0.15) is 0 Å².